The van der Waals surface area contributed by atoms with Gasteiger partial charge < -0.3 is 20.3 Å². The maximum atomic E-state index is 9.79. The summed E-state index contributed by atoms with van der Waals surface area (Å²) in [6.45, 7) is 3.77. The van der Waals surface area contributed by atoms with Crippen LogP contribution in [0.4, 0.5) is 0 Å². The molecule has 0 heterocycles. The SMILES string of the molecule is CC(CO)CCCNCC(O)COc1ccccc1Cl. The standard InChI is InChI=1S/C15H24ClNO3/c1-12(10-18)5-4-8-17-9-13(19)11-20-15-7-3-2-6-14(15)16/h2-3,6-7,12-13,17-19H,4-5,8-11H2,1H3. The van der Waals surface area contributed by atoms with Crippen LogP contribution < -0.4 is 10.1 Å². The van der Waals surface area contributed by atoms with Gasteiger partial charge in [0, 0.05) is 13.2 Å². The number of aliphatic hydroxyl groups excluding tert-OH is 2. The Morgan fingerprint density at radius 3 is 2.80 bits per heavy atom. The number of hydrogen-bond donors (Lipinski definition) is 3. The van der Waals surface area contributed by atoms with Gasteiger partial charge in [0.1, 0.15) is 18.5 Å². The minimum absolute atomic E-state index is 0.212. The van der Waals surface area contributed by atoms with Crippen molar-refractivity contribution in [3.63, 3.8) is 0 Å². The van der Waals surface area contributed by atoms with Gasteiger partial charge in [0.05, 0.1) is 5.02 Å². The Kier molecular flexibility index (Phi) is 8.62. The van der Waals surface area contributed by atoms with Crippen molar-refractivity contribution in [1.82, 2.24) is 5.32 Å². The molecular weight excluding hydrogens is 278 g/mol. The van der Waals surface area contributed by atoms with E-state index in [0.717, 1.165) is 19.4 Å². The lowest BCUT2D eigenvalue weighted by Gasteiger charge is -2.14. The van der Waals surface area contributed by atoms with Crippen molar-refractivity contribution in [1.29, 1.82) is 0 Å². The largest absolute Gasteiger partial charge is 0.489 e. The van der Waals surface area contributed by atoms with E-state index in [-0.39, 0.29) is 13.2 Å². The van der Waals surface area contributed by atoms with Gasteiger partial charge in [-0.25, -0.2) is 0 Å². The van der Waals surface area contributed by atoms with Crippen LogP contribution >= 0.6 is 11.6 Å². The Morgan fingerprint density at radius 1 is 1.35 bits per heavy atom. The second kappa shape index (κ2) is 10.00. The third-order valence-electron chi connectivity index (χ3n) is 3.01. The molecule has 2 atom stereocenters. The minimum Gasteiger partial charge on any atom is -0.489 e. The van der Waals surface area contributed by atoms with Crippen molar-refractivity contribution in [3.05, 3.63) is 29.3 Å². The number of halogens is 1. The summed E-state index contributed by atoms with van der Waals surface area (Å²) in [6.07, 6.45) is 1.40. The molecule has 5 heteroatoms. The number of rotatable bonds is 10. The van der Waals surface area contributed by atoms with Gasteiger partial charge in [-0.3, -0.25) is 0 Å². The van der Waals surface area contributed by atoms with E-state index in [1.54, 1.807) is 12.1 Å². The van der Waals surface area contributed by atoms with Gasteiger partial charge in [0.15, 0.2) is 0 Å². The monoisotopic (exact) mass is 301 g/mol. The van der Waals surface area contributed by atoms with E-state index in [1.165, 1.54) is 0 Å². The molecule has 20 heavy (non-hydrogen) atoms. The smallest absolute Gasteiger partial charge is 0.138 e. The summed E-state index contributed by atoms with van der Waals surface area (Å²) in [5, 5.41) is 22.4. The summed E-state index contributed by atoms with van der Waals surface area (Å²) in [5.41, 5.74) is 0. The van der Waals surface area contributed by atoms with Crippen molar-refractivity contribution in [3.8, 4) is 5.75 Å². The van der Waals surface area contributed by atoms with Crippen LogP contribution in [0.1, 0.15) is 19.8 Å². The first-order valence-corrected chi connectivity index (χ1v) is 7.38. The molecule has 0 aliphatic rings. The molecule has 0 saturated carbocycles. The summed E-state index contributed by atoms with van der Waals surface area (Å²) in [5.74, 6) is 0.926. The predicted octanol–water partition coefficient (Wildman–Crippen LogP) is 2.08. The van der Waals surface area contributed by atoms with E-state index in [9.17, 15) is 5.11 Å². The molecule has 0 aliphatic carbocycles. The van der Waals surface area contributed by atoms with E-state index >= 15 is 0 Å². The molecule has 3 N–H and O–H groups in total. The number of ether oxygens (including phenoxy) is 1. The number of benzene rings is 1. The highest BCUT2D eigenvalue weighted by molar-refractivity contribution is 6.32. The summed E-state index contributed by atoms with van der Waals surface area (Å²) in [4.78, 5) is 0. The molecule has 1 aromatic rings. The maximum Gasteiger partial charge on any atom is 0.138 e. The average molecular weight is 302 g/mol. The molecule has 1 rings (SSSR count). The molecule has 0 fully saturated rings. The van der Waals surface area contributed by atoms with Crippen LogP contribution in [0.25, 0.3) is 0 Å². The summed E-state index contributed by atoms with van der Waals surface area (Å²) in [6, 6.07) is 7.21. The molecule has 114 valence electrons. The second-order valence-electron chi connectivity index (χ2n) is 5.03. The van der Waals surface area contributed by atoms with Gasteiger partial charge >= 0.3 is 0 Å². The fourth-order valence-electron chi connectivity index (χ4n) is 1.74. The van der Waals surface area contributed by atoms with Gasteiger partial charge in [-0.1, -0.05) is 30.7 Å². The number of para-hydroxylation sites is 1. The van der Waals surface area contributed by atoms with E-state index < -0.39 is 6.10 Å². The highest BCUT2D eigenvalue weighted by Crippen LogP contribution is 2.22. The molecule has 0 bridgehead atoms. The van der Waals surface area contributed by atoms with Crippen molar-refractivity contribution >= 4 is 11.6 Å². The van der Waals surface area contributed by atoms with Crippen molar-refractivity contribution in [2.45, 2.75) is 25.9 Å². The van der Waals surface area contributed by atoms with Gasteiger partial charge in [-0.15, -0.1) is 0 Å². The molecule has 1 aromatic carbocycles. The zero-order valence-corrected chi connectivity index (χ0v) is 12.6. The molecule has 2 unspecified atom stereocenters. The van der Waals surface area contributed by atoms with Crippen LogP contribution in [0, 0.1) is 5.92 Å². The molecule has 0 aliphatic heterocycles. The van der Waals surface area contributed by atoms with Crippen LogP contribution in [-0.2, 0) is 0 Å². The molecular formula is C15H24ClNO3. The van der Waals surface area contributed by atoms with Gasteiger partial charge in [0.2, 0.25) is 0 Å². The Morgan fingerprint density at radius 2 is 2.10 bits per heavy atom. The van der Waals surface area contributed by atoms with Crippen molar-refractivity contribution in [2.75, 3.05) is 26.3 Å². The average Bonchev–Trinajstić information content (AvgIpc) is 2.45. The zero-order valence-electron chi connectivity index (χ0n) is 11.9. The molecule has 0 radical (unpaired) electrons. The number of aliphatic hydroxyl groups is 2. The Bertz CT molecular complexity index is 376. The first-order valence-electron chi connectivity index (χ1n) is 7.00. The van der Waals surface area contributed by atoms with Crippen LogP contribution in [0.5, 0.6) is 5.75 Å². The third-order valence-corrected chi connectivity index (χ3v) is 3.32. The van der Waals surface area contributed by atoms with E-state index in [4.69, 9.17) is 21.4 Å². The van der Waals surface area contributed by atoms with E-state index in [1.807, 2.05) is 19.1 Å². The lowest BCUT2D eigenvalue weighted by Crippen LogP contribution is -2.32. The predicted molar refractivity (Wildman–Crippen MR) is 81.3 cm³/mol. The molecule has 0 spiro atoms. The minimum atomic E-state index is -0.568. The van der Waals surface area contributed by atoms with Crippen LogP contribution in [0.3, 0.4) is 0 Å². The third kappa shape index (κ3) is 7.10. The first kappa shape index (κ1) is 17.2. The highest BCUT2D eigenvalue weighted by Gasteiger charge is 2.07. The fraction of sp³-hybridized carbons (Fsp3) is 0.600. The van der Waals surface area contributed by atoms with Crippen LogP contribution in [-0.4, -0.2) is 42.6 Å². The molecule has 0 aromatic heterocycles. The number of hydrogen-bond acceptors (Lipinski definition) is 4. The highest BCUT2D eigenvalue weighted by atomic mass is 35.5. The molecule has 4 nitrogen and oxygen atoms in total. The Hall–Kier alpha value is -0.810. The normalized spacial score (nSPS) is 14.0. The topological polar surface area (TPSA) is 61.7 Å². The quantitative estimate of drug-likeness (QED) is 0.579. The van der Waals surface area contributed by atoms with Gasteiger partial charge in [-0.2, -0.15) is 0 Å². The lowest BCUT2D eigenvalue weighted by atomic mass is 10.1. The fourth-order valence-corrected chi connectivity index (χ4v) is 1.93. The molecule has 0 amide bonds. The van der Waals surface area contributed by atoms with Crippen LogP contribution in [0.15, 0.2) is 24.3 Å². The number of nitrogens with one attached hydrogen (secondary N) is 1. The van der Waals surface area contributed by atoms with Gasteiger partial charge in [-0.05, 0) is 37.4 Å². The van der Waals surface area contributed by atoms with Gasteiger partial charge in [0.25, 0.3) is 0 Å². The second-order valence-corrected chi connectivity index (χ2v) is 5.44. The zero-order chi connectivity index (χ0) is 14.8. The maximum absolute atomic E-state index is 9.79. The van der Waals surface area contributed by atoms with Crippen molar-refractivity contribution in [2.24, 2.45) is 5.92 Å². The summed E-state index contributed by atoms with van der Waals surface area (Å²) in [7, 11) is 0. The van der Waals surface area contributed by atoms with Crippen LogP contribution in [0.2, 0.25) is 5.02 Å². The summed E-state index contributed by atoms with van der Waals surface area (Å²) >= 11 is 5.95. The lowest BCUT2D eigenvalue weighted by molar-refractivity contribution is 0.106. The van der Waals surface area contributed by atoms with E-state index in [2.05, 4.69) is 5.32 Å². The Balaban J connectivity index is 2.09. The van der Waals surface area contributed by atoms with E-state index in [0.29, 0.717) is 23.2 Å². The molecule has 0 saturated heterocycles. The summed E-state index contributed by atoms with van der Waals surface area (Å²) < 4.78 is 5.46. The first-order chi connectivity index (χ1) is 9.63. The Labute approximate surface area is 125 Å². The van der Waals surface area contributed by atoms with Crippen molar-refractivity contribution < 1.29 is 14.9 Å².